The van der Waals surface area contributed by atoms with Crippen LogP contribution in [0.15, 0.2) is 18.2 Å². The van der Waals surface area contributed by atoms with Crippen LogP contribution in [0, 0.1) is 11.6 Å². The van der Waals surface area contributed by atoms with Gasteiger partial charge < -0.3 is 11.1 Å². The van der Waals surface area contributed by atoms with E-state index in [4.69, 9.17) is 5.73 Å². The van der Waals surface area contributed by atoms with E-state index in [2.05, 4.69) is 5.32 Å². The lowest BCUT2D eigenvalue weighted by molar-refractivity contribution is -0.125. The summed E-state index contributed by atoms with van der Waals surface area (Å²) < 4.78 is 26.0. The normalized spacial score (nSPS) is 11.3. The highest BCUT2D eigenvalue weighted by molar-refractivity contribution is 5.84. The summed E-state index contributed by atoms with van der Waals surface area (Å²) in [7, 11) is 0. The molecule has 0 unspecified atom stereocenters. The molecule has 0 bridgehead atoms. The number of carbonyl (C=O) groups is 1. The molecular formula is C11H14F2N2O. The lowest BCUT2D eigenvalue weighted by Crippen LogP contribution is -2.48. The molecule has 0 spiro atoms. The Kier molecular flexibility index (Phi) is 3.59. The standard InChI is InChI=1S/C11H14F2N2O/c1-11(2,14)10(16)15-6-7-5-8(12)3-4-9(7)13/h3-5H,6,14H2,1-2H3,(H,15,16). The van der Waals surface area contributed by atoms with E-state index in [0.717, 1.165) is 18.2 Å². The van der Waals surface area contributed by atoms with Gasteiger partial charge >= 0.3 is 0 Å². The summed E-state index contributed by atoms with van der Waals surface area (Å²) in [6.07, 6.45) is 0. The molecule has 0 aliphatic heterocycles. The van der Waals surface area contributed by atoms with Crippen molar-refractivity contribution in [3.63, 3.8) is 0 Å². The van der Waals surface area contributed by atoms with Crippen molar-refractivity contribution >= 4 is 5.91 Å². The van der Waals surface area contributed by atoms with Crippen LogP contribution in [-0.4, -0.2) is 11.4 Å². The summed E-state index contributed by atoms with van der Waals surface area (Å²) in [5.74, 6) is -1.52. The quantitative estimate of drug-likeness (QED) is 0.819. The van der Waals surface area contributed by atoms with Crippen LogP contribution in [-0.2, 0) is 11.3 Å². The third-order valence-corrected chi connectivity index (χ3v) is 2.03. The maximum absolute atomic E-state index is 13.2. The van der Waals surface area contributed by atoms with Crippen LogP contribution >= 0.6 is 0 Å². The third kappa shape index (κ3) is 3.27. The summed E-state index contributed by atoms with van der Waals surface area (Å²) in [6, 6.07) is 3.08. The second-order valence-electron chi connectivity index (χ2n) is 4.14. The largest absolute Gasteiger partial charge is 0.350 e. The number of nitrogens with two attached hydrogens (primary N) is 1. The van der Waals surface area contributed by atoms with Crippen molar-refractivity contribution in [2.75, 3.05) is 0 Å². The first-order valence-electron chi connectivity index (χ1n) is 4.82. The predicted molar refractivity (Wildman–Crippen MR) is 56.5 cm³/mol. The first-order chi connectivity index (χ1) is 7.30. The summed E-state index contributed by atoms with van der Waals surface area (Å²) in [6.45, 7) is 2.98. The summed E-state index contributed by atoms with van der Waals surface area (Å²) in [4.78, 5) is 11.4. The second-order valence-corrected chi connectivity index (χ2v) is 4.14. The topological polar surface area (TPSA) is 55.1 Å². The Morgan fingerprint density at radius 3 is 2.62 bits per heavy atom. The maximum Gasteiger partial charge on any atom is 0.239 e. The van der Waals surface area contributed by atoms with Gasteiger partial charge in [-0.2, -0.15) is 0 Å². The van der Waals surface area contributed by atoms with Gasteiger partial charge in [0.05, 0.1) is 5.54 Å². The van der Waals surface area contributed by atoms with Crippen LogP contribution < -0.4 is 11.1 Å². The first-order valence-corrected chi connectivity index (χ1v) is 4.82. The van der Waals surface area contributed by atoms with Crippen molar-refractivity contribution in [3.8, 4) is 0 Å². The summed E-state index contributed by atoms with van der Waals surface area (Å²) in [5, 5.41) is 2.44. The Morgan fingerprint density at radius 2 is 2.06 bits per heavy atom. The lowest BCUT2D eigenvalue weighted by Gasteiger charge is -2.17. The Labute approximate surface area is 92.6 Å². The molecule has 0 saturated carbocycles. The SMILES string of the molecule is CC(C)(N)C(=O)NCc1cc(F)ccc1F. The number of halogens is 2. The molecule has 3 nitrogen and oxygen atoms in total. The van der Waals surface area contributed by atoms with Gasteiger partial charge in [0.1, 0.15) is 11.6 Å². The van der Waals surface area contributed by atoms with E-state index in [1.807, 2.05) is 0 Å². The molecule has 16 heavy (non-hydrogen) atoms. The van der Waals surface area contributed by atoms with Gasteiger partial charge in [-0.15, -0.1) is 0 Å². The Hall–Kier alpha value is -1.49. The molecule has 0 radical (unpaired) electrons. The Balaban J connectivity index is 2.68. The van der Waals surface area contributed by atoms with Crippen molar-refractivity contribution in [2.45, 2.75) is 25.9 Å². The number of carbonyl (C=O) groups excluding carboxylic acids is 1. The van der Waals surface area contributed by atoms with Crippen LogP contribution in [0.1, 0.15) is 19.4 Å². The van der Waals surface area contributed by atoms with E-state index in [-0.39, 0.29) is 12.1 Å². The highest BCUT2D eigenvalue weighted by Crippen LogP contribution is 2.09. The van der Waals surface area contributed by atoms with Gasteiger partial charge in [-0.3, -0.25) is 4.79 Å². The number of rotatable bonds is 3. The van der Waals surface area contributed by atoms with Gasteiger partial charge in [0, 0.05) is 12.1 Å². The van der Waals surface area contributed by atoms with E-state index >= 15 is 0 Å². The van der Waals surface area contributed by atoms with Crippen molar-refractivity contribution in [3.05, 3.63) is 35.4 Å². The molecule has 1 rings (SSSR count). The number of hydrogen-bond acceptors (Lipinski definition) is 2. The van der Waals surface area contributed by atoms with E-state index in [1.165, 1.54) is 13.8 Å². The molecule has 3 N–H and O–H groups in total. The van der Waals surface area contributed by atoms with Crippen LogP contribution in [0.2, 0.25) is 0 Å². The molecule has 0 atom stereocenters. The zero-order chi connectivity index (χ0) is 12.3. The minimum Gasteiger partial charge on any atom is -0.350 e. The van der Waals surface area contributed by atoms with Crippen molar-refractivity contribution < 1.29 is 13.6 Å². The molecule has 88 valence electrons. The monoisotopic (exact) mass is 228 g/mol. The minimum absolute atomic E-state index is 0.0803. The highest BCUT2D eigenvalue weighted by atomic mass is 19.1. The molecular weight excluding hydrogens is 214 g/mol. The van der Waals surface area contributed by atoms with Crippen LogP contribution in [0.5, 0.6) is 0 Å². The van der Waals surface area contributed by atoms with Crippen molar-refractivity contribution in [1.29, 1.82) is 0 Å². The van der Waals surface area contributed by atoms with Gasteiger partial charge in [-0.05, 0) is 32.0 Å². The van der Waals surface area contributed by atoms with Gasteiger partial charge in [0.2, 0.25) is 5.91 Å². The summed E-state index contributed by atoms with van der Waals surface area (Å²) in [5.41, 5.74) is 4.59. The van der Waals surface area contributed by atoms with E-state index in [0.29, 0.717) is 0 Å². The molecule has 0 heterocycles. The molecule has 1 amide bonds. The molecule has 1 aromatic carbocycles. The van der Waals surface area contributed by atoms with E-state index in [9.17, 15) is 13.6 Å². The lowest BCUT2D eigenvalue weighted by atomic mass is 10.1. The van der Waals surface area contributed by atoms with E-state index < -0.39 is 23.1 Å². The third-order valence-electron chi connectivity index (χ3n) is 2.03. The smallest absolute Gasteiger partial charge is 0.239 e. The predicted octanol–water partition coefficient (Wildman–Crippen LogP) is 1.32. The Morgan fingerprint density at radius 1 is 1.44 bits per heavy atom. The molecule has 5 heteroatoms. The zero-order valence-electron chi connectivity index (χ0n) is 9.18. The van der Waals surface area contributed by atoms with Gasteiger partial charge in [-0.1, -0.05) is 0 Å². The van der Waals surface area contributed by atoms with Crippen molar-refractivity contribution in [2.24, 2.45) is 5.73 Å². The van der Waals surface area contributed by atoms with Crippen molar-refractivity contribution in [1.82, 2.24) is 5.32 Å². The fourth-order valence-corrected chi connectivity index (χ4v) is 1.08. The zero-order valence-corrected chi connectivity index (χ0v) is 9.18. The number of nitrogens with one attached hydrogen (secondary N) is 1. The van der Waals surface area contributed by atoms with Crippen LogP contribution in [0.4, 0.5) is 8.78 Å². The van der Waals surface area contributed by atoms with Gasteiger partial charge in [0.15, 0.2) is 0 Å². The maximum atomic E-state index is 13.2. The fourth-order valence-electron chi connectivity index (χ4n) is 1.08. The molecule has 0 aliphatic rings. The van der Waals surface area contributed by atoms with Gasteiger partial charge in [0.25, 0.3) is 0 Å². The average molecular weight is 228 g/mol. The summed E-state index contributed by atoms with van der Waals surface area (Å²) >= 11 is 0. The highest BCUT2D eigenvalue weighted by Gasteiger charge is 2.21. The first kappa shape index (κ1) is 12.6. The molecule has 0 aliphatic carbocycles. The number of benzene rings is 1. The molecule has 0 fully saturated rings. The van der Waals surface area contributed by atoms with Crippen LogP contribution in [0.25, 0.3) is 0 Å². The molecule has 0 aromatic heterocycles. The average Bonchev–Trinajstić information content (AvgIpc) is 2.17. The van der Waals surface area contributed by atoms with E-state index in [1.54, 1.807) is 0 Å². The fraction of sp³-hybridized carbons (Fsp3) is 0.364. The second kappa shape index (κ2) is 4.57. The van der Waals surface area contributed by atoms with Gasteiger partial charge in [-0.25, -0.2) is 8.78 Å². The molecule has 0 saturated heterocycles. The Bertz CT molecular complexity index is 399. The number of hydrogen-bond donors (Lipinski definition) is 2. The van der Waals surface area contributed by atoms with Crippen LogP contribution in [0.3, 0.4) is 0 Å². The minimum atomic E-state index is -1.04. The molecule has 1 aromatic rings. The number of amides is 1.